The molecule has 0 aliphatic carbocycles. The highest BCUT2D eigenvalue weighted by Crippen LogP contribution is 2.17. The molecule has 0 spiro atoms. The van der Waals surface area contributed by atoms with Crippen molar-refractivity contribution in [2.75, 3.05) is 19.6 Å². The van der Waals surface area contributed by atoms with Crippen molar-refractivity contribution in [3.63, 3.8) is 0 Å². The Morgan fingerprint density at radius 2 is 2.04 bits per heavy atom. The number of carbonyl (C=O) groups excluding carboxylic acids is 2. The van der Waals surface area contributed by atoms with Crippen LogP contribution in [0.4, 0.5) is 4.79 Å². The highest BCUT2D eigenvalue weighted by Gasteiger charge is 2.28. The van der Waals surface area contributed by atoms with Crippen molar-refractivity contribution in [3.05, 3.63) is 35.9 Å². The van der Waals surface area contributed by atoms with E-state index in [0.717, 1.165) is 12.0 Å². The molecule has 24 heavy (non-hydrogen) atoms. The summed E-state index contributed by atoms with van der Waals surface area (Å²) in [6.45, 7) is 5.92. The molecular formula is C18H27N3O3. The molecule has 0 bridgehead atoms. The summed E-state index contributed by atoms with van der Waals surface area (Å²) in [6.07, 6.45) is 0.559. The largest absolute Gasteiger partial charge is 0.445 e. The van der Waals surface area contributed by atoms with Gasteiger partial charge in [0.25, 0.3) is 0 Å². The first-order valence-corrected chi connectivity index (χ1v) is 8.46. The van der Waals surface area contributed by atoms with E-state index >= 15 is 0 Å². The lowest BCUT2D eigenvalue weighted by Gasteiger charge is -2.18. The Bertz CT molecular complexity index is 548. The molecule has 6 heteroatoms. The number of likely N-dealkylation sites (tertiary alicyclic amines) is 1. The molecule has 1 saturated heterocycles. The number of hydrogen-bond donors (Lipinski definition) is 2. The molecule has 0 saturated carbocycles. The van der Waals surface area contributed by atoms with Gasteiger partial charge in [0, 0.05) is 19.6 Å². The molecule has 1 aliphatic rings. The van der Waals surface area contributed by atoms with Crippen LogP contribution in [0, 0.1) is 11.8 Å². The van der Waals surface area contributed by atoms with Crippen molar-refractivity contribution in [2.45, 2.75) is 32.9 Å². The molecule has 6 nitrogen and oxygen atoms in total. The van der Waals surface area contributed by atoms with Crippen LogP contribution >= 0.6 is 0 Å². The van der Waals surface area contributed by atoms with Gasteiger partial charge in [0.2, 0.25) is 5.91 Å². The van der Waals surface area contributed by atoms with E-state index < -0.39 is 6.04 Å². The fourth-order valence-electron chi connectivity index (χ4n) is 2.64. The van der Waals surface area contributed by atoms with Crippen LogP contribution in [-0.2, 0) is 16.1 Å². The molecule has 0 aromatic heterocycles. The van der Waals surface area contributed by atoms with Crippen LogP contribution < -0.4 is 11.1 Å². The first-order valence-electron chi connectivity index (χ1n) is 8.46. The Hall–Kier alpha value is -2.08. The number of amides is 2. The first kappa shape index (κ1) is 18.3. The zero-order valence-electron chi connectivity index (χ0n) is 14.4. The molecule has 1 fully saturated rings. The lowest BCUT2D eigenvalue weighted by atomic mass is 10.0. The Balaban J connectivity index is 1.70. The fourth-order valence-corrected chi connectivity index (χ4v) is 2.64. The van der Waals surface area contributed by atoms with Crippen molar-refractivity contribution in [3.8, 4) is 0 Å². The average molecular weight is 333 g/mol. The predicted molar refractivity (Wildman–Crippen MR) is 92.1 cm³/mol. The lowest BCUT2D eigenvalue weighted by Crippen LogP contribution is -2.45. The Kier molecular flexibility index (Phi) is 6.61. The van der Waals surface area contributed by atoms with E-state index in [0.29, 0.717) is 19.6 Å². The van der Waals surface area contributed by atoms with Gasteiger partial charge in [0.1, 0.15) is 6.61 Å². The summed E-state index contributed by atoms with van der Waals surface area (Å²) < 4.78 is 5.34. The summed E-state index contributed by atoms with van der Waals surface area (Å²) in [5, 5.41) is 2.88. The van der Waals surface area contributed by atoms with Crippen LogP contribution in [0.3, 0.4) is 0 Å². The van der Waals surface area contributed by atoms with Crippen molar-refractivity contribution in [1.29, 1.82) is 0 Å². The van der Waals surface area contributed by atoms with E-state index in [4.69, 9.17) is 10.5 Å². The Morgan fingerprint density at radius 1 is 1.33 bits per heavy atom. The number of rotatable bonds is 6. The molecule has 0 radical (unpaired) electrons. The second kappa shape index (κ2) is 8.68. The first-order chi connectivity index (χ1) is 11.5. The molecule has 1 unspecified atom stereocenters. The SMILES string of the molecule is CC(C)[C@H](N)C(=O)NCC1CCN(C(=O)OCc2ccccc2)C1. The Morgan fingerprint density at radius 3 is 2.71 bits per heavy atom. The van der Waals surface area contributed by atoms with Gasteiger partial charge in [-0.25, -0.2) is 4.79 Å². The minimum Gasteiger partial charge on any atom is -0.445 e. The van der Waals surface area contributed by atoms with E-state index in [1.165, 1.54) is 0 Å². The van der Waals surface area contributed by atoms with E-state index in [9.17, 15) is 9.59 Å². The standard InChI is InChI=1S/C18H27N3O3/c1-13(2)16(19)17(22)20-10-15-8-9-21(11-15)18(23)24-12-14-6-4-3-5-7-14/h3-7,13,15-16H,8-12,19H2,1-2H3,(H,20,22)/t15?,16-/m0/s1. The topological polar surface area (TPSA) is 84.7 Å². The molecule has 2 amide bonds. The van der Waals surface area contributed by atoms with E-state index in [-0.39, 0.29) is 30.4 Å². The van der Waals surface area contributed by atoms with Gasteiger partial charge in [-0.1, -0.05) is 44.2 Å². The number of nitrogens with one attached hydrogen (secondary N) is 1. The van der Waals surface area contributed by atoms with Crippen LogP contribution in [0.5, 0.6) is 0 Å². The van der Waals surface area contributed by atoms with Crippen LogP contribution in [0.1, 0.15) is 25.8 Å². The number of nitrogens with two attached hydrogens (primary N) is 1. The third-order valence-electron chi connectivity index (χ3n) is 4.34. The zero-order chi connectivity index (χ0) is 17.5. The third kappa shape index (κ3) is 5.23. The van der Waals surface area contributed by atoms with Crippen molar-refractivity contribution >= 4 is 12.0 Å². The van der Waals surface area contributed by atoms with Gasteiger partial charge in [0.05, 0.1) is 6.04 Å². The van der Waals surface area contributed by atoms with Crippen LogP contribution in [-0.4, -0.2) is 42.6 Å². The summed E-state index contributed by atoms with van der Waals surface area (Å²) in [5.74, 6) is 0.228. The van der Waals surface area contributed by atoms with Gasteiger partial charge in [-0.05, 0) is 23.8 Å². The summed E-state index contributed by atoms with van der Waals surface area (Å²) in [5.41, 5.74) is 6.79. The van der Waals surface area contributed by atoms with Crippen molar-refractivity contribution < 1.29 is 14.3 Å². The quantitative estimate of drug-likeness (QED) is 0.830. The van der Waals surface area contributed by atoms with Crippen LogP contribution in [0.15, 0.2) is 30.3 Å². The minimum absolute atomic E-state index is 0.109. The van der Waals surface area contributed by atoms with Gasteiger partial charge in [-0.3, -0.25) is 4.79 Å². The van der Waals surface area contributed by atoms with Gasteiger partial charge in [-0.2, -0.15) is 0 Å². The maximum atomic E-state index is 12.1. The lowest BCUT2D eigenvalue weighted by molar-refractivity contribution is -0.123. The third-order valence-corrected chi connectivity index (χ3v) is 4.34. The van der Waals surface area contributed by atoms with Crippen molar-refractivity contribution in [1.82, 2.24) is 10.2 Å². The summed E-state index contributed by atoms with van der Waals surface area (Å²) >= 11 is 0. The van der Waals surface area contributed by atoms with Crippen LogP contribution in [0.2, 0.25) is 0 Å². The molecule has 1 heterocycles. The Labute approximate surface area is 143 Å². The van der Waals surface area contributed by atoms with E-state index in [1.54, 1.807) is 4.90 Å². The van der Waals surface area contributed by atoms with Gasteiger partial charge < -0.3 is 20.7 Å². The predicted octanol–water partition coefficient (Wildman–Crippen LogP) is 1.74. The van der Waals surface area contributed by atoms with Crippen LogP contribution in [0.25, 0.3) is 0 Å². The molecule has 3 N–H and O–H groups in total. The summed E-state index contributed by atoms with van der Waals surface area (Å²) in [4.78, 5) is 25.7. The van der Waals surface area contributed by atoms with E-state index in [1.807, 2.05) is 44.2 Å². The molecule has 2 atom stereocenters. The van der Waals surface area contributed by atoms with E-state index in [2.05, 4.69) is 5.32 Å². The van der Waals surface area contributed by atoms with Gasteiger partial charge in [-0.15, -0.1) is 0 Å². The average Bonchev–Trinajstić information content (AvgIpc) is 3.06. The number of carbonyl (C=O) groups is 2. The molecular weight excluding hydrogens is 306 g/mol. The molecule has 132 valence electrons. The summed E-state index contributed by atoms with van der Waals surface area (Å²) in [6, 6.07) is 9.12. The smallest absolute Gasteiger partial charge is 0.410 e. The fraction of sp³-hybridized carbons (Fsp3) is 0.556. The molecule has 1 aromatic rings. The number of hydrogen-bond acceptors (Lipinski definition) is 4. The minimum atomic E-state index is -0.488. The number of benzene rings is 1. The molecule has 1 aromatic carbocycles. The normalized spacial score (nSPS) is 18.5. The highest BCUT2D eigenvalue weighted by molar-refractivity contribution is 5.81. The van der Waals surface area contributed by atoms with Crippen molar-refractivity contribution in [2.24, 2.45) is 17.6 Å². The maximum Gasteiger partial charge on any atom is 0.410 e. The van der Waals surface area contributed by atoms with Gasteiger partial charge >= 0.3 is 6.09 Å². The summed E-state index contributed by atoms with van der Waals surface area (Å²) in [7, 11) is 0. The van der Waals surface area contributed by atoms with Gasteiger partial charge in [0.15, 0.2) is 0 Å². The second-order valence-electron chi connectivity index (χ2n) is 6.66. The number of ether oxygens (including phenoxy) is 1. The number of nitrogens with zero attached hydrogens (tertiary/aromatic N) is 1. The second-order valence-corrected chi connectivity index (χ2v) is 6.66. The zero-order valence-corrected chi connectivity index (χ0v) is 14.4. The maximum absolute atomic E-state index is 12.1. The highest BCUT2D eigenvalue weighted by atomic mass is 16.6. The monoisotopic (exact) mass is 333 g/mol. The molecule has 1 aliphatic heterocycles. The molecule has 2 rings (SSSR count).